The Morgan fingerprint density at radius 1 is 1.23 bits per heavy atom. The number of nitrogens with one attached hydrogen (secondary N) is 1. The van der Waals surface area contributed by atoms with E-state index in [1.807, 2.05) is 24.4 Å². The summed E-state index contributed by atoms with van der Waals surface area (Å²) in [7, 11) is 1.69. The fraction of sp³-hybridized carbons (Fsp3) is 0.500. The smallest absolute Gasteiger partial charge is 0.150 e. The first-order valence-corrected chi connectivity index (χ1v) is 9.33. The molecule has 1 aromatic carbocycles. The molecular formula is C20H26N4O2. The molecule has 26 heavy (non-hydrogen) atoms. The van der Waals surface area contributed by atoms with E-state index < -0.39 is 0 Å². The van der Waals surface area contributed by atoms with Crippen LogP contribution in [0, 0.1) is 5.92 Å². The Hall–Kier alpha value is -2.18. The molecule has 138 valence electrons. The van der Waals surface area contributed by atoms with E-state index in [1.165, 1.54) is 18.4 Å². The molecule has 1 N–H and O–H groups in total. The summed E-state index contributed by atoms with van der Waals surface area (Å²) in [6.45, 7) is 4.10. The second kappa shape index (κ2) is 8.01. The summed E-state index contributed by atoms with van der Waals surface area (Å²) in [5, 5.41) is 3.44. The summed E-state index contributed by atoms with van der Waals surface area (Å²) < 4.78 is 11.0. The van der Waals surface area contributed by atoms with Crippen LogP contribution in [-0.2, 0) is 11.3 Å². The summed E-state index contributed by atoms with van der Waals surface area (Å²) in [6, 6.07) is 10.3. The maximum absolute atomic E-state index is 5.73. The van der Waals surface area contributed by atoms with E-state index in [0.717, 1.165) is 49.6 Å². The third-order valence-electron chi connectivity index (χ3n) is 5.03. The van der Waals surface area contributed by atoms with Gasteiger partial charge in [-0.25, -0.2) is 9.97 Å². The molecule has 0 spiro atoms. The van der Waals surface area contributed by atoms with Gasteiger partial charge in [-0.2, -0.15) is 0 Å². The minimum Gasteiger partial charge on any atom is -0.497 e. The van der Waals surface area contributed by atoms with E-state index in [1.54, 1.807) is 7.11 Å². The zero-order chi connectivity index (χ0) is 17.8. The van der Waals surface area contributed by atoms with Crippen LogP contribution < -0.4 is 10.1 Å². The standard InChI is InChI=1S/C20H26N4O2/c1-25-17-6-4-16(5-7-17)13-24-10-11-26-14-18(24)20-21-9-8-19(23-20)22-12-15-2-3-15/h4-9,15,18H,2-3,10-14H2,1H3,(H,21,22,23)/t18-/m1/s1. The van der Waals surface area contributed by atoms with Gasteiger partial charge in [-0.05, 0) is 42.5 Å². The van der Waals surface area contributed by atoms with Crippen LogP contribution in [0.15, 0.2) is 36.5 Å². The highest BCUT2D eigenvalue weighted by Gasteiger charge is 2.27. The van der Waals surface area contributed by atoms with E-state index >= 15 is 0 Å². The SMILES string of the molecule is COc1ccc(CN2CCOC[C@@H]2c2nccc(NCC3CC3)n2)cc1. The Labute approximate surface area is 154 Å². The molecule has 4 rings (SSSR count). The fourth-order valence-corrected chi connectivity index (χ4v) is 3.23. The molecule has 0 bridgehead atoms. The van der Waals surface area contributed by atoms with Crippen molar-refractivity contribution in [3.8, 4) is 5.75 Å². The van der Waals surface area contributed by atoms with Crippen LogP contribution in [0.25, 0.3) is 0 Å². The number of anilines is 1. The van der Waals surface area contributed by atoms with Gasteiger partial charge in [0.15, 0.2) is 0 Å². The summed E-state index contributed by atoms with van der Waals surface area (Å²) in [4.78, 5) is 11.7. The number of hydrogen-bond donors (Lipinski definition) is 1. The number of nitrogens with zero attached hydrogens (tertiary/aromatic N) is 3. The molecule has 1 aliphatic heterocycles. The molecule has 6 heteroatoms. The van der Waals surface area contributed by atoms with Crippen molar-refractivity contribution in [2.24, 2.45) is 5.92 Å². The number of hydrogen-bond acceptors (Lipinski definition) is 6. The zero-order valence-corrected chi connectivity index (χ0v) is 15.2. The molecule has 1 saturated heterocycles. The van der Waals surface area contributed by atoms with E-state index in [-0.39, 0.29) is 6.04 Å². The van der Waals surface area contributed by atoms with Gasteiger partial charge in [0, 0.05) is 25.8 Å². The van der Waals surface area contributed by atoms with Crippen LogP contribution in [0.1, 0.15) is 30.3 Å². The third kappa shape index (κ3) is 4.31. The lowest BCUT2D eigenvalue weighted by Gasteiger charge is -2.34. The predicted molar refractivity (Wildman–Crippen MR) is 100 cm³/mol. The Kier molecular flexibility index (Phi) is 5.32. The Morgan fingerprint density at radius 2 is 2.08 bits per heavy atom. The fourth-order valence-electron chi connectivity index (χ4n) is 3.23. The van der Waals surface area contributed by atoms with Gasteiger partial charge < -0.3 is 14.8 Å². The lowest BCUT2D eigenvalue weighted by atomic mass is 10.1. The second-order valence-corrected chi connectivity index (χ2v) is 7.03. The Balaban J connectivity index is 1.46. The quantitative estimate of drug-likeness (QED) is 0.825. The first-order valence-electron chi connectivity index (χ1n) is 9.33. The number of ether oxygens (including phenoxy) is 2. The van der Waals surface area contributed by atoms with Crippen molar-refractivity contribution in [1.29, 1.82) is 0 Å². The van der Waals surface area contributed by atoms with Gasteiger partial charge in [0.25, 0.3) is 0 Å². The molecule has 2 fully saturated rings. The minimum atomic E-state index is 0.0773. The van der Waals surface area contributed by atoms with Crippen LogP contribution >= 0.6 is 0 Å². The first-order chi connectivity index (χ1) is 12.8. The average Bonchev–Trinajstić information content (AvgIpc) is 3.52. The molecule has 2 aliphatic rings. The molecule has 1 aliphatic carbocycles. The molecule has 0 unspecified atom stereocenters. The van der Waals surface area contributed by atoms with E-state index in [2.05, 4.69) is 27.3 Å². The monoisotopic (exact) mass is 354 g/mol. The molecule has 1 aromatic heterocycles. The van der Waals surface area contributed by atoms with Crippen LogP contribution in [-0.4, -0.2) is 48.3 Å². The third-order valence-corrected chi connectivity index (χ3v) is 5.03. The Morgan fingerprint density at radius 3 is 2.85 bits per heavy atom. The molecule has 1 atom stereocenters. The van der Waals surface area contributed by atoms with Crippen molar-refractivity contribution in [3.05, 3.63) is 47.9 Å². The van der Waals surface area contributed by atoms with Crippen LogP contribution in [0.2, 0.25) is 0 Å². The molecule has 0 radical (unpaired) electrons. The maximum Gasteiger partial charge on any atom is 0.150 e. The molecular weight excluding hydrogens is 328 g/mol. The van der Waals surface area contributed by atoms with Gasteiger partial charge in [-0.15, -0.1) is 0 Å². The number of morpholine rings is 1. The molecule has 1 saturated carbocycles. The Bertz CT molecular complexity index is 718. The number of methoxy groups -OCH3 is 1. The van der Waals surface area contributed by atoms with Crippen LogP contribution in [0.5, 0.6) is 5.75 Å². The second-order valence-electron chi connectivity index (χ2n) is 7.03. The predicted octanol–water partition coefficient (Wildman–Crippen LogP) is 2.88. The van der Waals surface area contributed by atoms with Gasteiger partial charge in [0.2, 0.25) is 0 Å². The summed E-state index contributed by atoms with van der Waals surface area (Å²) in [5.41, 5.74) is 1.25. The zero-order valence-electron chi connectivity index (χ0n) is 15.2. The van der Waals surface area contributed by atoms with E-state index in [4.69, 9.17) is 14.5 Å². The first kappa shape index (κ1) is 17.2. The molecule has 2 aromatic rings. The summed E-state index contributed by atoms with van der Waals surface area (Å²) >= 11 is 0. The normalized spacial score (nSPS) is 20.7. The highest BCUT2D eigenvalue weighted by atomic mass is 16.5. The highest BCUT2D eigenvalue weighted by molar-refractivity contribution is 5.34. The number of rotatable bonds is 7. The van der Waals surface area contributed by atoms with E-state index in [0.29, 0.717) is 6.61 Å². The topological polar surface area (TPSA) is 59.5 Å². The summed E-state index contributed by atoms with van der Waals surface area (Å²) in [6.07, 6.45) is 4.51. The van der Waals surface area contributed by atoms with Gasteiger partial charge in [-0.1, -0.05) is 12.1 Å². The average molecular weight is 354 g/mol. The largest absolute Gasteiger partial charge is 0.497 e. The van der Waals surface area contributed by atoms with Crippen molar-refractivity contribution < 1.29 is 9.47 Å². The van der Waals surface area contributed by atoms with Gasteiger partial charge in [0.1, 0.15) is 17.4 Å². The van der Waals surface area contributed by atoms with Crippen molar-refractivity contribution in [3.63, 3.8) is 0 Å². The number of aromatic nitrogens is 2. The van der Waals surface area contributed by atoms with Crippen molar-refractivity contribution in [1.82, 2.24) is 14.9 Å². The van der Waals surface area contributed by atoms with Gasteiger partial charge in [-0.3, -0.25) is 4.90 Å². The van der Waals surface area contributed by atoms with E-state index in [9.17, 15) is 0 Å². The van der Waals surface area contributed by atoms with Gasteiger partial charge in [0.05, 0.1) is 26.4 Å². The number of benzene rings is 1. The molecule has 0 amide bonds. The lowest BCUT2D eigenvalue weighted by molar-refractivity contribution is -0.0159. The van der Waals surface area contributed by atoms with Crippen molar-refractivity contribution >= 4 is 5.82 Å². The molecule has 2 heterocycles. The van der Waals surface area contributed by atoms with Crippen LogP contribution in [0.4, 0.5) is 5.82 Å². The highest BCUT2D eigenvalue weighted by Crippen LogP contribution is 2.29. The maximum atomic E-state index is 5.73. The summed E-state index contributed by atoms with van der Waals surface area (Å²) in [5.74, 6) is 3.44. The van der Waals surface area contributed by atoms with Crippen molar-refractivity contribution in [2.75, 3.05) is 38.7 Å². The van der Waals surface area contributed by atoms with Crippen LogP contribution in [0.3, 0.4) is 0 Å². The molecule has 6 nitrogen and oxygen atoms in total. The van der Waals surface area contributed by atoms with Gasteiger partial charge >= 0.3 is 0 Å². The minimum absolute atomic E-state index is 0.0773. The van der Waals surface area contributed by atoms with Crippen molar-refractivity contribution in [2.45, 2.75) is 25.4 Å². The lowest BCUT2D eigenvalue weighted by Crippen LogP contribution is -2.39.